The highest BCUT2D eigenvalue weighted by Gasteiger charge is 2.33. The topological polar surface area (TPSA) is 36.1 Å². The fraction of sp³-hybridized carbons (Fsp3) is 0.481. The lowest BCUT2D eigenvalue weighted by Gasteiger charge is -2.39. The van der Waals surface area contributed by atoms with E-state index in [0.29, 0.717) is 6.04 Å². The lowest BCUT2D eigenvalue weighted by Crippen LogP contribution is -2.51. The van der Waals surface area contributed by atoms with E-state index in [9.17, 15) is 0 Å². The number of benzene rings is 2. The van der Waals surface area contributed by atoms with E-state index >= 15 is 0 Å². The monoisotopic (exact) mass is 405 g/mol. The maximum Gasteiger partial charge on any atom is 0.0399 e. The smallest absolute Gasteiger partial charge is 0.0399 e. The second-order valence-corrected chi connectivity index (χ2v) is 9.56. The van der Waals surface area contributed by atoms with Gasteiger partial charge in [-0.3, -0.25) is 0 Å². The molecule has 3 rings (SSSR count). The first-order chi connectivity index (χ1) is 14.2. The third kappa shape index (κ3) is 5.07. The molecule has 30 heavy (non-hydrogen) atoms. The molecule has 0 bridgehead atoms. The minimum atomic E-state index is 0.0183. The Labute approximate surface area is 183 Å². The molecule has 0 spiro atoms. The van der Waals surface area contributed by atoms with Crippen molar-refractivity contribution in [2.75, 3.05) is 30.3 Å². The molecule has 1 aliphatic heterocycles. The van der Waals surface area contributed by atoms with Gasteiger partial charge in [-0.25, -0.2) is 0 Å². The van der Waals surface area contributed by atoms with Crippen LogP contribution in [-0.2, 0) is 0 Å². The molecule has 2 aromatic rings. The van der Waals surface area contributed by atoms with E-state index in [1.165, 1.54) is 44.8 Å². The molecule has 0 radical (unpaired) electrons. The number of aryl methyl sites for hydroxylation is 6. The second-order valence-electron chi connectivity index (χ2n) is 9.56. The van der Waals surface area contributed by atoms with Gasteiger partial charge in [-0.2, -0.15) is 0 Å². The zero-order valence-corrected chi connectivity index (χ0v) is 19.9. The van der Waals surface area contributed by atoms with E-state index in [4.69, 9.17) is 0 Å². The number of anilines is 2. The van der Waals surface area contributed by atoms with Gasteiger partial charge >= 0.3 is 0 Å². The van der Waals surface area contributed by atoms with E-state index in [0.717, 1.165) is 26.1 Å². The highest BCUT2D eigenvalue weighted by Crippen LogP contribution is 2.30. The Bertz CT molecular complexity index is 818. The number of rotatable bonds is 7. The van der Waals surface area contributed by atoms with Crippen LogP contribution >= 0.6 is 0 Å². The van der Waals surface area contributed by atoms with Gasteiger partial charge in [0, 0.05) is 35.9 Å². The van der Waals surface area contributed by atoms with E-state index in [-0.39, 0.29) is 5.41 Å². The summed E-state index contributed by atoms with van der Waals surface area (Å²) in [6.45, 7) is 18.4. The van der Waals surface area contributed by atoms with Crippen LogP contribution in [0, 0.1) is 47.0 Å². The van der Waals surface area contributed by atoms with Crippen molar-refractivity contribution in [2.24, 2.45) is 5.41 Å². The van der Waals surface area contributed by atoms with Crippen molar-refractivity contribution in [3.63, 3.8) is 0 Å². The predicted molar refractivity (Wildman–Crippen MR) is 132 cm³/mol. The van der Waals surface area contributed by atoms with Gasteiger partial charge < -0.3 is 16.0 Å². The van der Waals surface area contributed by atoms with Crippen LogP contribution in [0.15, 0.2) is 36.4 Å². The van der Waals surface area contributed by atoms with Crippen molar-refractivity contribution in [1.82, 2.24) is 5.32 Å². The van der Waals surface area contributed by atoms with Crippen LogP contribution in [0.4, 0.5) is 11.4 Å². The molecule has 0 aromatic heterocycles. The zero-order valence-electron chi connectivity index (χ0n) is 19.9. The molecule has 0 fully saturated rings. The average molecular weight is 406 g/mol. The van der Waals surface area contributed by atoms with Crippen LogP contribution in [0.2, 0.25) is 0 Å². The first-order valence-corrected chi connectivity index (χ1v) is 11.2. The van der Waals surface area contributed by atoms with Gasteiger partial charge in [-0.15, -0.1) is 0 Å². The Morgan fingerprint density at radius 2 is 1.23 bits per heavy atom. The fourth-order valence-corrected chi connectivity index (χ4v) is 4.88. The number of hydrogen-bond acceptors (Lipinski definition) is 3. The van der Waals surface area contributed by atoms with Crippen LogP contribution in [0.1, 0.15) is 46.7 Å². The molecule has 3 N–H and O–H groups in total. The van der Waals surface area contributed by atoms with Gasteiger partial charge in [0.2, 0.25) is 0 Å². The van der Waals surface area contributed by atoms with Gasteiger partial charge in [-0.1, -0.05) is 54.5 Å². The number of nitrogens with one attached hydrogen (secondary N) is 3. The van der Waals surface area contributed by atoms with Gasteiger partial charge in [0.25, 0.3) is 0 Å². The second kappa shape index (κ2) is 9.26. The first-order valence-electron chi connectivity index (χ1n) is 11.2. The molecular weight excluding hydrogens is 366 g/mol. The van der Waals surface area contributed by atoms with Crippen LogP contribution in [0.3, 0.4) is 0 Å². The minimum absolute atomic E-state index is 0.0183. The first kappa shape index (κ1) is 22.4. The SMILES string of the molecule is Cc1cc(C)c(NCC(C)(CNc2c(C)cc(C)cc2C)C2C=CCCN2)c(C)c1. The molecule has 0 aliphatic carbocycles. The molecule has 0 saturated carbocycles. The molecular formula is C27H39N3. The molecule has 2 aromatic carbocycles. The lowest BCUT2D eigenvalue weighted by molar-refractivity contribution is 0.282. The third-order valence-electron chi connectivity index (χ3n) is 6.45. The molecule has 1 aliphatic rings. The van der Waals surface area contributed by atoms with E-state index in [1.807, 2.05) is 0 Å². The van der Waals surface area contributed by atoms with Gasteiger partial charge in [0.1, 0.15) is 0 Å². The number of hydrogen-bond donors (Lipinski definition) is 3. The maximum absolute atomic E-state index is 3.81. The van der Waals surface area contributed by atoms with Gasteiger partial charge in [-0.05, 0) is 76.8 Å². The molecule has 0 amide bonds. The average Bonchev–Trinajstić information content (AvgIpc) is 2.67. The van der Waals surface area contributed by atoms with E-state index in [1.54, 1.807) is 0 Å². The summed E-state index contributed by atoms with van der Waals surface area (Å²) in [5.74, 6) is 0. The quantitative estimate of drug-likeness (QED) is 0.496. The van der Waals surface area contributed by atoms with E-state index in [2.05, 4.69) is 101 Å². The molecule has 1 unspecified atom stereocenters. The van der Waals surface area contributed by atoms with Crippen molar-refractivity contribution < 1.29 is 0 Å². The molecule has 1 atom stereocenters. The lowest BCUT2D eigenvalue weighted by atomic mass is 9.80. The molecule has 0 saturated heterocycles. The van der Waals surface area contributed by atoms with E-state index < -0.39 is 0 Å². The Hall–Kier alpha value is -2.26. The maximum atomic E-state index is 3.81. The summed E-state index contributed by atoms with van der Waals surface area (Å²) in [6.07, 6.45) is 5.79. The van der Waals surface area contributed by atoms with Crippen LogP contribution in [0.25, 0.3) is 0 Å². The normalized spacial score (nSPS) is 16.6. The molecule has 162 valence electrons. The van der Waals surface area contributed by atoms with Gasteiger partial charge in [0.05, 0.1) is 0 Å². The van der Waals surface area contributed by atoms with Crippen molar-refractivity contribution in [3.8, 4) is 0 Å². The summed E-state index contributed by atoms with van der Waals surface area (Å²) in [5, 5.41) is 11.4. The summed E-state index contributed by atoms with van der Waals surface area (Å²) < 4.78 is 0. The summed E-state index contributed by atoms with van der Waals surface area (Å²) in [6, 6.07) is 9.40. The standard InChI is InChI=1S/C27H39N3/c1-18-12-20(3)25(21(4)13-18)29-16-27(7,24-10-8-9-11-28-24)17-30-26-22(5)14-19(2)15-23(26)6/h8,10,12-15,24,28-30H,9,11,16-17H2,1-7H3. The van der Waals surface area contributed by atoms with Crippen molar-refractivity contribution in [3.05, 3.63) is 69.8 Å². The molecule has 3 heteroatoms. The summed E-state index contributed by atoms with van der Waals surface area (Å²) >= 11 is 0. The zero-order chi connectivity index (χ0) is 21.9. The minimum Gasteiger partial charge on any atom is -0.384 e. The Morgan fingerprint density at radius 1 is 0.800 bits per heavy atom. The molecule has 3 nitrogen and oxygen atoms in total. The van der Waals surface area contributed by atoms with Gasteiger partial charge in [0.15, 0.2) is 0 Å². The van der Waals surface area contributed by atoms with Crippen molar-refractivity contribution in [2.45, 2.75) is 60.9 Å². The van der Waals surface area contributed by atoms with Crippen LogP contribution < -0.4 is 16.0 Å². The van der Waals surface area contributed by atoms with Crippen LogP contribution in [0.5, 0.6) is 0 Å². The fourth-order valence-electron chi connectivity index (χ4n) is 4.88. The summed E-state index contributed by atoms with van der Waals surface area (Å²) in [7, 11) is 0. The highest BCUT2D eigenvalue weighted by atomic mass is 15.0. The van der Waals surface area contributed by atoms with Crippen LogP contribution in [-0.4, -0.2) is 25.7 Å². The van der Waals surface area contributed by atoms with Crippen molar-refractivity contribution in [1.29, 1.82) is 0 Å². The summed E-state index contributed by atoms with van der Waals surface area (Å²) in [4.78, 5) is 0. The Kier molecular flexibility index (Phi) is 6.92. The summed E-state index contributed by atoms with van der Waals surface area (Å²) in [5.41, 5.74) is 10.5. The largest absolute Gasteiger partial charge is 0.384 e. The highest BCUT2D eigenvalue weighted by molar-refractivity contribution is 5.59. The van der Waals surface area contributed by atoms with Crippen molar-refractivity contribution >= 4 is 11.4 Å². The predicted octanol–water partition coefficient (Wildman–Crippen LogP) is 5.99. The Balaban J connectivity index is 1.83. The Morgan fingerprint density at radius 3 is 1.60 bits per heavy atom. The third-order valence-corrected chi connectivity index (χ3v) is 6.45. The molecule has 1 heterocycles.